The lowest BCUT2D eigenvalue weighted by Gasteiger charge is -2.06. The SMILES string of the molecule is O=C(CCn1cccc1)NCCc1ccccc1. The van der Waals surface area contributed by atoms with E-state index in [2.05, 4.69) is 17.4 Å². The Morgan fingerprint density at radius 1 is 1.06 bits per heavy atom. The highest BCUT2D eigenvalue weighted by Crippen LogP contribution is 1.98. The van der Waals surface area contributed by atoms with E-state index in [4.69, 9.17) is 0 Å². The molecular formula is C15H18N2O. The van der Waals surface area contributed by atoms with E-state index in [9.17, 15) is 4.79 Å². The molecule has 1 amide bonds. The van der Waals surface area contributed by atoms with Crippen LogP contribution in [0.25, 0.3) is 0 Å². The minimum absolute atomic E-state index is 0.111. The Bertz CT molecular complexity index is 463. The first-order valence-electron chi connectivity index (χ1n) is 6.26. The van der Waals surface area contributed by atoms with Crippen LogP contribution in [-0.4, -0.2) is 17.0 Å². The van der Waals surface area contributed by atoms with Gasteiger partial charge in [-0.2, -0.15) is 0 Å². The average molecular weight is 242 g/mol. The van der Waals surface area contributed by atoms with Crippen molar-refractivity contribution in [2.75, 3.05) is 6.54 Å². The molecule has 3 heteroatoms. The summed E-state index contributed by atoms with van der Waals surface area (Å²) in [5.41, 5.74) is 1.25. The van der Waals surface area contributed by atoms with E-state index < -0.39 is 0 Å². The van der Waals surface area contributed by atoms with Crippen LogP contribution >= 0.6 is 0 Å². The Morgan fingerprint density at radius 2 is 1.78 bits per heavy atom. The van der Waals surface area contributed by atoms with Crippen molar-refractivity contribution >= 4 is 5.91 Å². The van der Waals surface area contributed by atoms with E-state index in [0.29, 0.717) is 13.0 Å². The minimum atomic E-state index is 0.111. The van der Waals surface area contributed by atoms with Gasteiger partial charge >= 0.3 is 0 Å². The molecule has 0 atom stereocenters. The van der Waals surface area contributed by atoms with Crippen LogP contribution in [0.5, 0.6) is 0 Å². The molecule has 3 nitrogen and oxygen atoms in total. The molecule has 0 aliphatic heterocycles. The highest BCUT2D eigenvalue weighted by molar-refractivity contribution is 5.75. The molecule has 1 N–H and O–H groups in total. The van der Waals surface area contributed by atoms with Gasteiger partial charge in [-0.15, -0.1) is 0 Å². The molecule has 1 heterocycles. The zero-order chi connectivity index (χ0) is 12.6. The predicted molar refractivity (Wildman–Crippen MR) is 72.2 cm³/mol. The quantitative estimate of drug-likeness (QED) is 0.828. The second kappa shape index (κ2) is 6.64. The maximum Gasteiger partial charge on any atom is 0.221 e. The summed E-state index contributed by atoms with van der Waals surface area (Å²) in [6.45, 7) is 1.44. The van der Waals surface area contributed by atoms with Gasteiger partial charge in [0.05, 0.1) is 0 Å². The lowest BCUT2D eigenvalue weighted by atomic mass is 10.1. The van der Waals surface area contributed by atoms with Crippen LogP contribution in [0.3, 0.4) is 0 Å². The second-order valence-electron chi connectivity index (χ2n) is 4.26. The molecule has 0 aliphatic rings. The number of amides is 1. The number of aryl methyl sites for hydroxylation is 1. The Kier molecular flexibility index (Phi) is 4.59. The van der Waals surface area contributed by atoms with Gasteiger partial charge in [-0.05, 0) is 24.1 Å². The first kappa shape index (κ1) is 12.4. The van der Waals surface area contributed by atoms with E-state index in [0.717, 1.165) is 13.0 Å². The summed E-state index contributed by atoms with van der Waals surface area (Å²) < 4.78 is 2.01. The van der Waals surface area contributed by atoms with Crippen LogP contribution in [-0.2, 0) is 17.8 Å². The highest BCUT2D eigenvalue weighted by Gasteiger charge is 2.00. The summed E-state index contributed by atoms with van der Waals surface area (Å²) in [6.07, 6.45) is 5.36. The van der Waals surface area contributed by atoms with Crippen molar-refractivity contribution in [3.05, 3.63) is 60.4 Å². The smallest absolute Gasteiger partial charge is 0.221 e. The predicted octanol–water partition coefficient (Wildman–Crippen LogP) is 2.24. The Morgan fingerprint density at radius 3 is 2.50 bits per heavy atom. The lowest BCUT2D eigenvalue weighted by molar-refractivity contribution is -0.121. The van der Waals surface area contributed by atoms with Gasteiger partial charge < -0.3 is 9.88 Å². The van der Waals surface area contributed by atoms with Crippen LogP contribution in [0.15, 0.2) is 54.9 Å². The maximum atomic E-state index is 11.6. The molecule has 0 saturated carbocycles. The first-order valence-corrected chi connectivity index (χ1v) is 6.26. The molecule has 0 saturated heterocycles. The fourth-order valence-electron chi connectivity index (χ4n) is 1.83. The Labute approximate surface area is 107 Å². The Hall–Kier alpha value is -2.03. The van der Waals surface area contributed by atoms with Crippen LogP contribution in [0.2, 0.25) is 0 Å². The molecular weight excluding hydrogens is 224 g/mol. The molecule has 0 unspecified atom stereocenters. The van der Waals surface area contributed by atoms with Crippen molar-refractivity contribution in [1.29, 1.82) is 0 Å². The number of carbonyl (C=O) groups excluding carboxylic acids is 1. The van der Waals surface area contributed by atoms with Crippen molar-refractivity contribution in [2.24, 2.45) is 0 Å². The number of aromatic nitrogens is 1. The van der Waals surface area contributed by atoms with E-state index in [-0.39, 0.29) is 5.91 Å². The topological polar surface area (TPSA) is 34.0 Å². The summed E-state index contributed by atoms with van der Waals surface area (Å²) in [6, 6.07) is 14.1. The van der Waals surface area contributed by atoms with Gasteiger partial charge in [-0.3, -0.25) is 4.79 Å². The maximum absolute atomic E-state index is 11.6. The third-order valence-electron chi connectivity index (χ3n) is 2.84. The molecule has 1 aromatic heterocycles. The van der Waals surface area contributed by atoms with Crippen molar-refractivity contribution in [2.45, 2.75) is 19.4 Å². The monoisotopic (exact) mass is 242 g/mol. The molecule has 0 bridgehead atoms. The number of nitrogens with zero attached hydrogens (tertiary/aromatic N) is 1. The minimum Gasteiger partial charge on any atom is -0.356 e. The zero-order valence-corrected chi connectivity index (χ0v) is 10.4. The normalized spacial score (nSPS) is 10.2. The van der Waals surface area contributed by atoms with Crippen molar-refractivity contribution in [3.8, 4) is 0 Å². The third-order valence-corrected chi connectivity index (χ3v) is 2.84. The number of nitrogens with one attached hydrogen (secondary N) is 1. The van der Waals surface area contributed by atoms with E-state index in [1.165, 1.54) is 5.56 Å². The molecule has 0 spiro atoms. The number of hydrogen-bond donors (Lipinski definition) is 1. The van der Waals surface area contributed by atoms with Gasteiger partial charge in [0.2, 0.25) is 5.91 Å². The molecule has 2 rings (SSSR count). The summed E-state index contributed by atoms with van der Waals surface area (Å²) in [5.74, 6) is 0.111. The fraction of sp³-hybridized carbons (Fsp3) is 0.267. The summed E-state index contributed by atoms with van der Waals surface area (Å²) in [7, 11) is 0. The summed E-state index contributed by atoms with van der Waals surface area (Å²) in [4.78, 5) is 11.6. The van der Waals surface area contributed by atoms with Gasteiger partial charge in [0.15, 0.2) is 0 Å². The lowest BCUT2D eigenvalue weighted by Crippen LogP contribution is -2.26. The number of benzene rings is 1. The van der Waals surface area contributed by atoms with Crippen molar-refractivity contribution in [1.82, 2.24) is 9.88 Å². The fourth-order valence-corrected chi connectivity index (χ4v) is 1.83. The van der Waals surface area contributed by atoms with Crippen LogP contribution < -0.4 is 5.32 Å². The molecule has 0 fully saturated rings. The van der Waals surface area contributed by atoms with Crippen molar-refractivity contribution in [3.63, 3.8) is 0 Å². The van der Waals surface area contributed by atoms with Crippen LogP contribution in [0.4, 0.5) is 0 Å². The molecule has 2 aromatic rings. The van der Waals surface area contributed by atoms with E-state index >= 15 is 0 Å². The second-order valence-corrected chi connectivity index (χ2v) is 4.26. The van der Waals surface area contributed by atoms with Gasteiger partial charge in [0.1, 0.15) is 0 Å². The van der Waals surface area contributed by atoms with Crippen LogP contribution in [0, 0.1) is 0 Å². The van der Waals surface area contributed by atoms with Crippen LogP contribution in [0.1, 0.15) is 12.0 Å². The molecule has 18 heavy (non-hydrogen) atoms. The van der Waals surface area contributed by atoms with E-state index in [1.807, 2.05) is 47.3 Å². The Balaban J connectivity index is 1.63. The number of hydrogen-bond acceptors (Lipinski definition) is 1. The first-order chi connectivity index (χ1) is 8.84. The van der Waals surface area contributed by atoms with Crippen molar-refractivity contribution < 1.29 is 4.79 Å². The largest absolute Gasteiger partial charge is 0.356 e. The highest BCUT2D eigenvalue weighted by atomic mass is 16.1. The molecule has 94 valence electrons. The number of rotatable bonds is 6. The van der Waals surface area contributed by atoms with E-state index in [1.54, 1.807) is 0 Å². The summed E-state index contributed by atoms with van der Waals surface area (Å²) >= 11 is 0. The average Bonchev–Trinajstić information content (AvgIpc) is 2.91. The van der Waals surface area contributed by atoms with Gasteiger partial charge in [-0.25, -0.2) is 0 Å². The molecule has 1 aromatic carbocycles. The van der Waals surface area contributed by atoms with Gasteiger partial charge in [0, 0.05) is 31.9 Å². The number of carbonyl (C=O) groups is 1. The zero-order valence-electron chi connectivity index (χ0n) is 10.4. The third kappa shape index (κ3) is 4.09. The van der Waals surface area contributed by atoms with Gasteiger partial charge in [0.25, 0.3) is 0 Å². The summed E-state index contributed by atoms with van der Waals surface area (Å²) in [5, 5.41) is 2.94. The van der Waals surface area contributed by atoms with Gasteiger partial charge in [-0.1, -0.05) is 30.3 Å². The molecule has 0 aliphatic carbocycles. The molecule has 0 radical (unpaired) electrons. The standard InChI is InChI=1S/C15H18N2O/c18-15(9-13-17-11-4-5-12-17)16-10-8-14-6-2-1-3-7-14/h1-7,11-12H,8-10,13H2,(H,16,18).